The van der Waals surface area contributed by atoms with Gasteiger partial charge in [-0.05, 0) is 18.2 Å². The first kappa shape index (κ1) is 16.2. The average molecular weight is 294 g/mol. The molecule has 1 rings (SSSR count). The molecule has 0 aliphatic rings. The molecule has 0 aliphatic carbocycles. The number of hydrogen-bond donors (Lipinski definition) is 0. The predicted molar refractivity (Wildman–Crippen MR) is 76.8 cm³/mol. The standard InChI is InChI=1S/C14H18N2O3S/c1-16(9-4-8-15)14(17)7-10-20(18)13-6-3-5-12(11-13)19-2/h3,5-6,11H,4,7,9-10H2,1-2H3. The molecule has 0 N–H and O–H groups in total. The molecule has 5 nitrogen and oxygen atoms in total. The summed E-state index contributed by atoms with van der Waals surface area (Å²) in [6.45, 7) is 0.404. The van der Waals surface area contributed by atoms with E-state index in [1.807, 2.05) is 6.07 Å². The van der Waals surface area contributed by atoms with Crippen LogP contribution in [0.15, 0.2) is 29.2 Å². The third kappa shape index (κ3) is 5.02. The zero-order valence-electron chi connectivity index (χ0n) is 11.7. The second kappa shape index (κ2) is 8.33. The number of nitriles is 1. The fourth-order valence-electron chi connectivity index (χ4n) is 1.57. The molecule has 1 atom stereocenters. The molecule has 0 saturated heterocycles. The van der Waals surface area contributed by atoms with E-state index in [0.717, 1.165) is 0 Å². The van der Waals surface area contributed by atoms with Gasteiger partial charge in [0.2, 0.25) is 5.91 Å². The van der Waals surface area contributed by atoms with Crippen molar-refractivity contribution in [2.24, 2.45) is 0 Å². The van der Waals surface area contributed by atoms with Crippen LogP contribution in [0.3, 0.4) is 0 Å². The number of carbonyl (C=O) groups is 1. The molecule has 0 radical (unpaired) electrons. The molecular formula is C14H18N2O3S. The van der Waals surface area contributed by atoms with Crippen LogP contribution in [0.4, 0.5) is 0 Å². The van der Waals surface area contributed by atoms with Crippen LogP contribution < -0.4 is 4.74 Å². The summed E-state index contributed by atoms with van der Waals surface area (Å²) in [5.74, 6) is 0.813. The van der Waals surface area contributed by atoms with Gasteiger partial charge in [-0.3, -0.25) is 9.00 Å². The van der Waals surface area contributed by atoms with Crippen molar-refractivity contribution in [2.75, 3.05) is 26.5 Å². The predicted octanol–water partition coefficient (Wildman–Crippen LogP) is 1.56. The Hall–Kier alpha value is -1.87. The van der Waals surface area contributed by atoms with Gasteiger partial charge in [-0.15, -0.1) is 0 Å². The average Bonchev–Trinajstić information content (AvgIpc) is 2.49. The van der Waals surface area contributed by atoms with E-state index in [9.17, 15) is 9.00 Å². The minimum absolute atomic E-state index is 0.100. The van der Waals surface area contributed by atoms with Crippen molar-refractivity contribution in [3.05, 3.63) is 24.3 Å². The lowest BCUT2D eigenvalue weighted by Gasteiger charge is -2.15. The molecule has 0 saturated carbocycles. The molecule has 0 aromatic heterocycles. The zero-order valence-corrected chi connectivity index (χ0v) is 12.5. The third-order valence-corrected chi connectivity index (χ3v) is 4.14. The lowest BCUT2D eigenvalue weighted by Crippen LogP contribution is -2.28. The van der Waals surface area contributed by atoms with Gasteiger partial charge >= 0.3 is 0 Å². The molecule has 0 aliphatic heterocycles. The van der Waals surface area contributed by atoms with Crippen LogP contribution >= 0.6 is 0 Å². The fourth-order valence-corrected chi connectivity index (χ4v) is 2.65. The first-order valence-corrected chi connectivity index (χ1v) is 7.53. The lowest BCUT2D eigenvalue weighted by molar-refractivity contribution is -0.129. The highest BCUT2D eigenvalue weighted by Gasteiger charge is 2.12. The topological polar surface area (TPSA) is 70.4 Å². The molecule has 6 heteroatoms. The summed E-state index contributed by atoms with van der Waals surface area (Å²) in [5, 5.41) is 8.46. The van der Waals surface area contributed by atoms with Crippen LogP contribution in [0, 0.1) is 11.3 Å². The van der Waals surface area contributed by atoms with E-state index in [1.165, 1.54) is 4.90 Å². The number of rotatable bonds is 7. The summed E-state index contributed by atoms with van der Waals surface area (Å²) in [4.78, 5) is 13.9. The summed E-state index contributed by atoms with van der Waals surface area (Å²) in [6.07, 6.45) is 0.507. The molecule has 1 aromatic carbocycles. The van der Waals surface area contributed by atoms with E-state index < -0.39 is 10.8 Å². The van der Waals surface area contributed by atoms with Crippen LogP contribution in [0.25, 0.3) is 0 Å². The highest BCUT2D eigenvalue weighted by Crippen LogP contribution is 2.16. The summed E-state index contributed by atoms with van der Waals surface area (Å²) in [6, 6.07) is 9.00. The van der Waals surface area contributed by atoms with Crippen molar-refractivity contribution in [3.63, 3.8) is 0 Å². The van der Waals surface area contributed by atoms with E-state index >= 15 is 0 Å². The van der Waals surface area contributed by atoms with Gasteiger partial charge in [0.1, 0.15) is 5.75 Å². The van der Waals surface area contributed by atoms with Crippen molar-refractivity contribution in [1.29, 1.82) is 5.26 Å². The molecule has 1 amide bonds. The number of nitrogens with zero attached hydrogens (tertiary/aromatic N) is 2. The second-order valence-corrected chi connectivity index (χ2v) is 5.77. The SMILES string of the molecule is COc1cccc(S(=O)CCC(=O)N(C)CCC#N)c1. The molecule has 1 unspecified atom stereocenters. The number of hydrogen-bond acceptors (Lipinski definition) is 4. The van der Waals surface area contributed by atoms with Gasteiger partial charge in [0.25, 0.3) is 0 Å². The largest absolute Gasteiger partial charge is 0.497 e. The van der Waals surface area contributed by atoms with Gasteiger partial charge in [-0.25, -0.2) is 0 Å². The van der Waals surface area contributed by atoms with E-state index in [2.05, 4.69) is 0 Å². The quantitative estimate of drug-likeness (QED) is 0.765. The van der Waals surface area contributed by atoms with Crippen LogP contribution in [-0.2, 0) is 15.6 Å². The Morgan fingerprint density at radius 1 is 1.50 bits per heavy atom. The number of carbonyl (C=O) groups excluding carboxylic acids is 1. The van der Waals surface area contributed by atoms with Gasteiger partial charge < -0.3 is 9.64 Å². The maximum Gasteiger partial charge on any atom is 0.223 e. The number of amides is 1. The number of ether oxygens (including phenoxy) is 1. The Balaban J connectivity index is 2.50. The third-order valence-electron chi connectivity index (χ3n) is 2.79. The Morgan fingerprint density at radius 2 is 2.25 bits per heavy atom. The van der Waals surface area contributed by atoms with Crippen LogP contribution in [0.2, 0.25) is 0 Å². The first-order chi connectivity index (χ1) is 9.58. The Labute approximate surface area is 121 Å². The van der Waals surface area contributed by atoms with Gasteiger partial charge in [-0.2, -0.15) is 5.26 Å². The van der Waals surface area contributed by atoms with E-state index in [0.29, 0.717) is 23.6 Å². The molecule has 108 valence electrons. The highest BCUT2D eigenvalue weighted by molar-refractivity contribution is 7.85. The number of benzene rings is 1. The minimum Gasteiger partial charge on any atom is -0.497 e. The molecule has 20 heavy (non-hydrogen) atoms. The molecule has 0 bridgehead atoms. The normalized spacial score (nSPS) is 11.4. The highest BCUT2D eigenvalue weighted by atomic mass is 32.2. The van der Waals surface area contributed by atoms with Crippen molar-refractivity contribution >= 4 is 16.7 Å². The van der Waals surface area contributed by atoms with Gasteiger partial charge in [0, 0.05) is 30.7 Å². The Kier molecular flexibility index (Phi) is 6.74. The van der Waals surface area contributed by atoms with Crippen molar-refractivity contribution < 1.29 is 13.7 Å². The second-order valence-electron chi connectivity index (χ2n) is 4.20. The molecular weight excluding hydrogens is 276 g/mol. The number of methoxy groups -OCH3 is 1. The first-order valence-electron chi connectivity index (χ1n) is 6.22. The minimum atomic E-state index is -1.23. The van der Waals surface area contributed by atoms with Crippen LogP contribution in [0.5, 0.6) is 5.75 Å². The van der Waals surface area contributed by atoms with E-state index in [-0.39, 0.29) is 18.1 Å². The summed E-state index contributed by atoms with van der Waals surface area (Å²) >= 11 is 0. The van der Waals surface area contributed by atoms with Gasteiger partial charge in [0.05, 0.1) is 30.4 Å². The summed E-state index contributed by atoms with van der Waals surface area (Å²) < 4.78 is 17.2. The molecule has 1 aromatic rings. The Morgan fingerprint density at radius 3 is 2.90 bits per heavy atom. The molecule has 0 heterocycles. The lowest BCUT2D eigenvalue weighted by atomic mass is 10.3. The van der Waals surface area contributed by atoms with Crippen molar-refractivity contribution in [2.45, 2.75) is 17.7 Å². The fraction of sp³-hybridized carbons (Fsp3) is 0.429. The summed E-state index contributed by atoms with van der Waals surface area (Å²) in [7, 11) is 1.97. The van der Waals surface area contributed by atoms with Crippen molar-refractivity contribution in [3.8, 4) is 11.8 Å². The maximum absolute atomic E-state index is 12.1. The summed E-state index contributed by atoms with van der Waals surface area (Å²) in [5.41, 5.74) is 0. The van der Waals surface area contributed by atoms with Crippen LogP contribution in [-0.4, -0.2) is 41.5 Å². The Bertz CT molecular complexity index is 525. The zero-order chi connectivity index (χ0) is 15.0. The maximum atomic E-state index is 12.1. The van der Waals surface area contributed by atoms with Crippen molar-refractivity contribution in [1.82, 2.24) is 4.90 Å². The smallest absolute Gasteiger partial charge is 0.223 e. The van der Waals surface area contributed by atoms with Crippen LogP contribution in [0.1, 0.15) is 12.8 Å². The van der Waals surface area contributed by atoms with Gasteiger partial charge in [-0.1, -0.05) is 6.07 Å². The molecule has 0 spiro atoms. The van der Waals surface area contributed by atoms with E-state index in [4.69, 9.17) is 10.00 Å². The van der Waals surface area contributed by atoms with E-state index in [1.54, 1.807) is 38.4 Å². The molecule has 0 fully saturated rings. The van der Waals surface area contributed by atoms with Gasteiger partial charge in [0.15, 0.2) is 0 Å². The monoisotopic (exact) mass is 294 g/mol.